The minimum Gasteiger partial charge on any atom is -0.378 e. The second-order valence-corrected chi connectivity index (χ2v) is 4.71. The molecule has 0 bridgehead atoms. The van der Waals surface area contributed by atoms with Crippen LogP contribution in [0.1, 0.15) is 6.92 Å². The maximum Gasteiger partial charge on any atom is 0.258 e. The van der Waals surface area contributed by atoms with Crippen LogP contribution >= 0.6 is 0 Å². The summed E-state index contributed by atoms with van der Waals surface area (Å²) in [6.07, 6.45) is 0. The summed E-state index contributed by atoms with van der Waals surface area (Å²) in [5.41, 5.74) is 0.877. The smallest absolute Gasteiger partial charge is 0.258 e. The number of amides is 1. The van der Waals surface area contributed by atoms with E-state index >= 15 is 0 Å². The van der Waals surface area contributed by atoms with Crippen molar-refractivity contribution in [3.63, 3.8) is 0 Å². The molecule has 3 rings (SSSR count). The molecule has 0 N–H and O–H groups in total. The van der Waals surface area contributed by atoms with Crippen molar-refractivity contribution in [1.82, 2.24) is 4.90 Å². The molecule has 5 heteroatoms. The third kappa shape index (κ3) is 2.21. The highest BCUT2D eigenvalue weighted by atomic mass is 16.5. The van der Waals surface area contributed by atoms with E-state index in [0.29, 0.717) is 13.2 Å². The van der Waals surface area contributed by atoms with Crippen molar-refractivity contribution in [2.45, 2.75) is 13.0 Å². The number of morpholine rings is 1. The lowest BCUT2D eigenvalue weighted by molar-refractivity contribution is -0.117. The van der Waals surface area contributed by atoms with Crippen LogP contribution in [0.2, 0.25) is 0 Å². The van der Waals surface area contributed by atoms with E-state index in [-0.39, 0.29) is 11.9 Å². The molecule has 0 saturated carbocycles. The Kier molecular flexibility index (Phi) is 3.21. The van der Waals surface area contributed by atoms with Gasteiger partial charge in [0.25, 0.3) is 5.91 Å². The van der Waals surface area contributed by atoms with E-state index < -0.39 is 0 Å². The zero-order valence-electron chi connectivity index (χ0n) is 11.0. The van der Waals surface area contributed by atoms with Crippen molar-refractivity contribution in [2.24, 2.45) is 4.99 Å². The molecule has 1 amide bonds. The zero-order chi connectivity index (χ0) is 13.2. The highest BCUT2D eigenvalue weighted by Crippen LogP contribution is 2.23. The van der Waals surface area contributed by atoms with Crippen LogP contribution in [-0.2, 0) is 9.53 Å². The van der Waals surface area contributed by atoms with Crippen molar-refractivity contribution in [2.75, 3.05) is 31.2 Å². The summed E-state index contributed by atoms with van der Waals surface area (Å²) >= 11 is 0. The summed E-state index contributed by atoms with van der Waals surface area (Å²) in [5.74, 6) is 0.791. The van der Waals surface area contributed by atoms with Crippen molar-refractivity contribution in [3.8, 4) is 0 Å². The summed E-state index contributed by atoms with van der Waals surface area (Å²) in [6, 6.07) is 9.38. The quantitative estimate of drug-likeness (QED) is 0.759. The van der Waals surface area contributed by atoms with Gasteiger partial charge in [-0.25, -0.2) is 9.89 Å². The highest BCUT2D eigenvalue weighted by Gasteiger charge is 2.36. The van der Waals surface area contributed by atoms with Crippen LogP contribution in [0, 0.1) is 0 Å². The fourth-order valence-electron chi connectivity index (χ4n) is 2.38. The summed E-state index contributed by atoms with van der Waals surface area (Å²) < 4.78 is 5.35. The molecule has 0 radical (unpaired) electrons. The van der Waals surface area contributed by atoms with Crippen molar-refractivity contribution < 1.29 is 9.53 Å². The number of aliphatic imine (C=N–C) groups is 1. The third-order valence-electron chi connectivity index (χ3n) is 3.40. The van der Waals surface area contributed by atoms with E-state index in [2.05, 4.69) is 9.89 Å². The standard InChI is InChI=1S/C14H17N3O2/c1-11-13(18)17(12-5-3-2-4-6-12)14(15-11)16-7-9-19-10-8-16/h2-6,11H,7-10H2,1H3. The Balaban J connectivity index is 1.92. The topological polar surface area (TPSA) is 45.1 Å². The first kappa shape index (κ1) is 12.2. The number of carbonyl (C=O) groups excluding carboxylic acids is 1. The summed E-state index contributed by atoms with van der Waals surface area (Å²) in [5, 5.41) is 0. The summed E-state index contributed by atoms with van der Waals surface area (Å²) in [4.78, 5) is 20.7. The number of nitrogens with zero attached hydrogens (tertiary/aromatic N) is 3. The largest absolute Gasteiger partial charge is 0.378 e. The molecule has 1 aromatic rings. The van der Waals surface area contributed by atoms with Gasteiger partial charge in [-0.15, -0.1) is 0 Å². The molecule has 2 aliphatic rings. The molecule has 0 aliphatic carbocycles. The van der Waals surface area contributed by atoms with Crippen molar-refractivity contribution in [1.29, 1.82) is 0 Å². The number of para-hydroxylation sites is 1. The van der Waals surface area contributed by atoms with Crippen LogP contribution < -0.4 is 4.90 Å². The number of ether oxygens (including phenoxy) is 1. The molecule has 0 spiro atoms. The van der Waals surface area contributed by atoms with Crippen molar-refractivity contribution >= 4 is 17.6 Å². The molecule has 1 saturated heterocycles. The fourth-order valence-corrected chi connectivity index (χ4v) is 2.38. The fraction of sp³-hybridized carbons (Fsp3) is 0.429. The molecular weight excluding hydrogens is 242 g/mol. The van der Waals surface area contributed by atoms with Gasteiger partial charge in [0.05, 0.1) is 18.9 Å². The lowest BCUT2D eigenvalue weighted by Gasteiger charge is -2.32. The molecule has 0 aromatic heterocycles. The molecular formula is C14H17N3O2. The van der Waals surface area contributed by atoms with E-state index in [4.69, 9.17) is 4.74 Å². The van der Waals surface area contributed by atoms with E-state index in [1.54, 1.807) is 4.90 Å². The van der Waals surface area contributed by atoms with Gasteiger partial charge in [0.15, 0.2) is 0 Å². The van der Waals surface area contributed by atoms with Gasteiger partial charge in [-0.05, 0) is 19.1 Å². The van der Waals surface area contributed by atoms with Crippen LogP contribution in [0.3, 0.4) is 0 Å². The Morgan fingerprint density at radius 3 is 2.58 bits per heavy atom. The molecule has 1 aromatic carbocycles. The highest BCUT2D eigenvalue weighted by molar-refractivity contribution is 6.21. The minimum absolute atomic E-state index is 0.0349. The number of rotatable bonds is 1. The maximum absolute atomic E-state index is 12.3. The lowest BCUT2D eigenvalue weighted by Crippen LogP contribution is -2.49. The van der Waals surface area contributed by atoms with Crippen LogP contribution in [-0.4, -0.2) is 49.1 Å². The first-order valence-corrected chi connectivity index (χ1v) is 6.57. The normalized spacial score (nSPS) is 23.7. The predicted molar refractivity (Wildman–Crippen MR) is 73.2 cm³/mol. The number of guanidine groups is 1. The Labute approximate surface area is 112 Å². The van der Waals surface area contributed by atoms with Gasteiger partial charge in [-0.2, -0.15) is 0 Å². The molecule has 1 fully saturated rings. The first-order valence-electron chi connectivity index (χ1n) is 6.57. The van der Waals surface area contributed by atoms with Gasteiger partial charge >= 0.3 is 0 Å². The van der Waals surface area contributed by atoms with Gasteiger partial charge in [0.2, 0.25) is 5.96 Å². The van der Waals surface area contributed by atoms with Gasteiger partial charge < -0.3 is 9.64 Å². The van der Waals surface area contributed by atoms with Gasteiger partial charge in [0.1, 0.15) is 6.04 Å². The summed E-state index contributed by atoms with van der Waals surface area (Å²) in [6.45, 7) is 4.77. The number of hydrogen-bond acceptors (Lipinski definition) is 4. The minimum atomic E-state index is -0.307. The third-order valence-corrected chi connectivity index (χ3v) is 3.40. The molecule has 1 atom stereocenters. The monoisotopic (exact) mass is 259 g/mol. The first-order chi connectivity index (χ1) is 9.27. The molecule has 2 heterocycles. The molecule has 5 nitrogen and oxygen atoms in total. The molecule has 19 heavy (non-hydrogen) atoms. The number of benzene rings is 1. The second kappa shape index (κ2) is 5.01. The molecule has 2 aliphatic heterocycles. The van der Waals surface area contributed by atoms with Gasteiger partial charge in [-0.1, -0.05) is 18.2 Å². The summed E-state index contributed by atoms with van der Waals surface area (Å²) in [7, 11) is 0. The van der Waals surface area contributed by atoms with E-state index in [1.165, 1.54) is 0 Å². The molecule has 100 valence electrons. The Morgan fingerprint density at radius 2 is 1.89 bits per heavy atom. The average Bonchev–Trinajstić information content (AvgIpc) is 2.77. The Hall–Kier alpha value is -1.88. The SMILES string of the molecule is CC1N=C(N2CCOCC2)N(c2ccccc2)C1=O. The van der Waals surface area contributed by atoms with Crippen molar-refractivity contribution in [3.05, 3.63) is 30.3 Å². The van der Waals surface area contributed by atoms with Gasteiger partial charge in [-0.3, -0.25) is 4.79 Å². The van der Waals surface area contributed by atoms with Crippen LogP contribution in [0.4, 0.5) is 5.69 Å². The number of hydrogen-bond donors (Lipinski definition) is 0. The number of carbonyl (C=O) groups is 1. The maximum atomic E-state index is 12.3. The molecule has 1 unspecified atom stereocenters. The van der Waals surface area contributed by atoms with E-state index in [9.17, 15) is 4.79 Å². The van der Waals surface area contributed by atoms with Crippen LogP contribution in [0.25, 0.3) is 0 Å². The van der Waals surface area contributed by atoms with Gasteiger partial charge in [0, 0.05) is 13.1 Å². The Morgan fingerprint density at radius 1 is 1.21 bits per heavy atom. The predicted octanol–water partition coefficient (Wildman–Crippen LogP) is 1.11. The lowest BCUT2D eigenvalue weighted by atomic mass is 10.2. The van der Waals surface area contributed by atoms with E-state index in [1.807, 2.05) is 37.3 Å². The Bertz CT molecular complexity index is 495. The number of anilines is 1. The average molecular weight is 259 g/mol. The van der Waals surface area contributed by atoms with Crippen LogP contribution in [0.5, 0.6) is 0 Å². The second-order valence-electron chi connectivity index (χ2n) is 4.71. The van der Waals surface area contributed by atoms with Crippen LogP contribution in [0.15, 0.2) is 35.3 Å². The van der Waals surface area contributed by atoms with E-state index in [0.717, 1.165) is 24.7 Å². The zero-order valence-corrected chi connectivity index (χ0v) is 11.0.